The Bertz CT molecular complexity index is 3050. The number of hydrogen-bond acceptors (Lipinski definition) is 5. The molecule has 0 bridgehead atoms. The zero-order valence-corrected chi connectivity index (χ0v) is 27.5. The molecule has 0 amide bonds. The summed E-state index contributed by atoms with van der Waals surface area (Å²) < 4.78 is 59.9. The first-order valence-electron chi connectivity index (χ1n) is 16.1. The lowest BCUT2D eigenvalue weighted by Gasteiger charge is -2.17. The van der Waals surface area contributed by atoms with Crippen LogP contribution in [-0.2, 0) is 0 Å². The van der Waals surface area contributed by atoms with Crippen molar-refractivity contribution in [2.45, 2.75) is 0 Å². The molecule has 2 heterocycles. The normalized spacial score (nSPS) is 10.9. The van der Waals surface area contributed by atoms with Gasteiger partial charge in [0.25, 0.3) is 0 Å². The minimum absolute atomic E-state index is 0.123. The van der Waals surface area contributed by atoms with E-state index in [1.54, 1.807) is 72.8 Å². The molecule has 0 unspecified atom stereocenters. The quantitative estimate of drug-likeness (QED) is 0.0785. The molecular weight excluding hydrogens is 691 g/mol. The van der Waals surface area contributed by atoms with Crippen LogP contribution in [0.1, 0.15) is 11.1 Å². The summed E-state index contributed by atoms with van der Waals surface area (Å²) in [6.07, 6.45) is 0. The second kappa shape index (κ2) is 13.0. The molecule has 8 rings (SSSR count). The van der Waals surface area contributed by atoms with Crippen molar-refractivity contribution in [1.29, 1.82) is 10.5 Å². The maximum absolute atomic E-state index is 15.2. The Balaban J connectivity index is 1.47. The van der Waals surface area contributed by atoms with Crippen LogP contribution >= 0.6 is 0 Å². The van der Waals surface area contributed by atoms with E-state index in [2.05, 4.69) is 15.8 Å². The third-order valence-electron chi connectivity index (χ3n) is 9.06. The number of rotatable bonds is 4. The molecule has 7 nitrogen and oxygen atoms in total. The van der Waals surface area contributed by atoms with Gasteiger partial charge in [-0.05, 0) is 41.5 Å². The van der Waals surface area contributed by atoms with Crippen LogP contribution in [0.5, 0.6) is 0 Å². The zero-order valence-electron chi connectivity index (χ0n) is 27.5. The number of para-hydroxylation sites is 1. The van der Waals surface area contributed by atoms with Crippen molar-refractivity contribution >= 4 is 44.1 Å². The van der Waals surface area contributed by atoms with Crippen molar-refractivity contribution in [2.24, 2.45) is 0 Å². The Hall–Kier alpha value is -7.99. The largest absolute Gasteiger partial charge is 0.255 e. The first-order chi connectivity index (χ1) is 26.3. The molecule has 54 heavy (non-hydrogen) atoms. The van der Waals surface area contributed by atoms with E-state index in [4.69, 9.17) is 33.4 Å². The molecule has 0 saturated carbocycles. The van der Waals surface area contributed by atoms with Crippen LogP contribution in [0, 0.1) is 59.1 Å². The molecule has 8 aromatic rings. The molecule has 252 valence electrons. The smallest absolute Gasteiger partial charge is 0.215 e. The van der Waals surface area contributed by atoms with Gasteiger partial charge in [-0.15, -0.1) is 0 Å². The van der Waals surface area contributed by atoms with E-state index in [9.17, 15) is 14.0 Å². The summed E-state index contributed by atoms with van der Waals surface area (Å²) in [6.45, 7) is 15.6. The van der Waals surface area contributed by atoms with Crippen molar-refractivity contribution in [3.63, 3.8) is 0 Å². The van der Waals surface area contributed by atoms with Crippen LogP contribution < -0.4 is 0 Å². The van der Waals surface area contributed by atoms with Gasteiger partial charge in [-0.25, -0.2) is 37.2 Å². The van der Waals surface area contributed by atoms with Crippen LogP contribution in [0.2, 0.25) is 0 Å². The highest BCUT2D eigenvalue weighted by Gasteiger charge is 2.27. The molecule has 0 N–H and O–H groups in total. The number of pyridine rings is 1. The Morgan fingerprint density at radius 3 is 1.80 bits per heavy atom. The third-order valence-corrected chi connectivity index (χ3v) is 9.06. The number of benzene rings is 6. The van der Waals surface area contributed by atoms with Gasteiger partial charge in [0.05, 0.1) is 64.0 Å². The second-order valence-corrected chi connectivity index (χ2v) is 12.1. The van der Waals surface area contributed by atoms with Gasteiger partial charge >= 0.3 is 0 Å². The predicted octanol–water partition coefficient (Wildman–Crippen LogP) is 11.4. The summed E-state index contributed by atoms with van der Waals surface area (Å²) in [5.74, 6) is -7.05. The van der Waals surface area contributed by atoms with Gasteiger partial charge in [-0.3, -0.25) is 4.98 Å². The van der Waals surface area contributed by atoms with Crippen LogP contribution in [0.3, 0.4) is 0 Å². The summed E-state index contributed by atoms with van der Waals surface area (Å²) >= 11 is 0. The fourth-order valence-electron chi connectivity index (χ4n) is 6.53. The third kappa shape index (κ3) is 5.21. The fraction of sp³-hybridized carbons (Fsp3) is 0. The van der Waals surface area contributed by atoms with Gasteiger partial charge in [0.15, 0.2) is 29.0 Å². The Morgan fingerprint density at radius 1 is 0.537 bits per heavy atom. The number of fused-ring (bicyclic) bond motifs is 5. The first-order valence-corrected chi connectivity index (χ1v) is 16.1. The van der Waals surface area contributed by atoms with E-state index in [1.807, 2.05) is 12.1 Å². The molecule has 0 radical (unpaired) electrons. The summed E-state index contributed by atoms with van der Waals surface area (Å²) in [5.41, 5.74) is 2.29. The summed E-state index contributed by atoms with van der Waals surface area (Å²) in [6, 6.07) is 31.4. The van der Waals surface area contributed by atoms with Gasteiger partial charge in [0.2, 0.25) is 5.69 Å². The number of nitriles is 2. The van der Waals surface area contributed by atoms with Gasteiger partial charge in [0.1, 0.15) is 11.6 Å². The Kier molecular flexibility index (Phi) is 7.96. The van der Waals surface area contributed by atoms with E-state index in [0.29, 0.717) is 66.5 Å². The lowest BCUT2D eigenvalue weighted by molar-refractivity contribution is 0.454. The van der Waals surface area contributed by atoms with Gasteiger partial charge in [-0.2, -0.15) is 10.5 Å². The van der Waals surface area contributed by atoms with E-state index in [-0.39, 0.29) is 22.5 Å². The number of halogens is 4. The van der Waals surface area contributed by atoms with E-state index >= 15 is 8.78 Å². The van der Waals surface area contributed by atoms with Crippen molar-refractivity contribution in [2.75, 3.05) is 0 Å². The first kappa shape index (κ1) is 33.2. The predicted molar refractivity (Wildman–Crippen MR) is 196 cm³/mol. The maximum atomic E-state index is 15.2. The van der Waals surface area contributed by atoms with Crippen molar-refractivity contribution in [3.8, 4) is 57.0 Å². The molecule has 0 aliphatic heterocycles. The number of nitrogens with zero attached hydrogens (tertiary/aromatic N) is 7. The summed E-state index contributed by atoms with van der Waals surface area (Å²) in [4.78, 5) is 22.4. The molecule has 0 fully saturated rings. The monoisotopic (exact) mass is 707 g/mol. The highest BCUT2D eigenvalue weighted by atomic mass is 19.2. The average Bonchev–Trinajstić information content (AvgIpc) is 3.22. The zero-order chi connectivity index (χ0) is 37.7. The van der Waals surface area contributed by atoms with Crippen LogP contribution in [0.4, 0.5) is 28.9 Å². The highest BCUT2D eigenvalue weighted by Crippen LogP contribution is 2.43. The molecule has 0 spiro atoms. The minimum Gasteiger partial charge on any atom is -0.255 e. The van der Waals surface area contributed by atoms with Gasteiger partial charge < -0.3 is 0 Å². The van der Waals surface area contributed by atoms with E-state index in [1.165, 1.54) is 18.2 Å². The minimum atomic E-state index is -1.81. The molecule has 11 heteroatoms. The summed E-state index contributed by atoms with van der Waals surface area (Å²) in [5, 5.41) is 20.2. The van der Waals surface area contributed by atoms with E-state index in [0.717, 1.165) is 6.07 Å². The average molecular weight is 708 g/mol. The molecule has 0 aliphatic rings. The summed E-state index contributed by atoms with van der Waals surface area (Å²) in [7, 11) is 0. The highest BCUT2D eigenvalue weighted by molar-refractivity contribution is 6.23. The molecule has 2 aromatic heterocycles. The molecule has 6 aromatic carbocycles. The number of hydrogen-bond donors (Lipinski definition) is 0. The molecule has 0 atom stereocenters. The second-order valence-electron chi connectivity index (χ2n) is 12.1. The van der Waals surface area contributed by atoms with Gasteiger partial charge in [0, 0.05) is 27.3 Å². The van der Waals surface area contributed by atoms with Crippen molar-refractivity contribution < 1.29 is 17.6 Å². The lowest BCUT2D eigenvalue weighted by atomic mass is 9.94. The molecular formula is C43H17F4N7. The van der Waals surface area contributed by atoms with Crippen LogP contribution in [-0.4, -0.2) is 15.0 Å². The topological polar surface area (TPSA) is 95.0 Å². The molecule has 0 aliphatic carbocycles. The van der Waals surface area contributed by atoms with Crippen molar-refractivity contribution in [3.05, 3.63) is 160 Å². The Morgan fingerprint density at radius 2 is 1.17 bits per heavy atom. The van der Waals surface area contributed by atoms with Crippen LogP contribution in [0.15, 0.2) is 103 Å². The Labute approximate surface area is 303 Å². The standard InChI is InChI=1S/C43H17F4N7/c1-50-27-16-14-24(15-17-27)40-41(23-12-10-22(20-48)11-13-23)54-43-34-28-8-3-4-9-31(28)52-39(29(34)19-32(51-2)42(43)53-40)26-7-5-6-25(18-26)33-37(46)35(44)30(21-49)36(45)38(33)47/h3-19H. The number of aromatic nitrogens is 3. The fourth-order valence-corrected chi connectivity index (χ4v) is 6.53. The van der Waals surface area contributed by atoms with Crippen molar-refractivity contribution in [1.82, 2.24) is 15.0 Å². The SMILES string of the molecule is [C-]#[N+]c1ccc(-c2nc3c([N+]#[C-])cc4c(-c5cccc(-c6c(F)c(F)c(C#N)c(F)c6F)c5)nc5ccccc5c4c3nc2-c2ccc(C#N)cc2)cc1. The van der Waals surface area contributed by atoms with Gasteiger partial charge in [-0.1, -0.05) is 72.8 Å². The molecule has 0 saturated heterocycles. The maximum Gasteiger partial charge on any atom is 0.215 e. The lowest BCUT2D eigenvalue weighted by Crippen LogP contribution is -2.04. The van der Waals surface area contributed by atoms with Crippen LogP contribution in [0.25, 0.3) is 87.3 Å². The van der Waals surface area contributed by atoms with E-state index < -0.39 is 34.4 Å².